The van der Waals surface area contributed by atoms with Crippen LogP contribution >= 0.6 is 11.3 Å². The highest BCUT2D eigenvalue weighted by molar-refractivity contribution is 7.09. The molecule has 1 aromatic rings. The summed E-state index contributed by atoms with van der Waals surface area (Å²) in [7, 11) is 1.96. The number of thiazole rings is 1. The zero-order valence-electron chi connectivity index (χ0n) is 17.1. The number of carbonyl (C=O) groups excluding carboxylic acids is 1. The van der Waals surface area contributed by atoms with E-state index in [2.05, 4.69) is 10.3 Å². The van der Waals surface area contributed by atoms with Gasteiger partial charge in [0.05, 0.1) is 32.0 Å². The smallest absolute Gasteiger partial charge is 0.223 e. The second kappa shape index (κ2) is 7.69. The van der Waals surface area contributed by atoms with Crippen molar-refractivity contribution in [3.63, 3.8) is 0 Å². The Hall–Kier alpha value is -0.980. The molecule has 0 radical (unpaired) electrons. The Kier molecular flexibility index (Phi) is 5.22. The number of aromatic nitrogens is 1. The third kappa shape index (κ3) is 4.01. The van der Waals surface area contributed by atoms with Crippen molar-refractivity contribution >= 4 is 17.2 Å². The fourth-order valence-electron chi connectivity index (χ4n) is 6.74. The molecule has 5 fully saturated rings. The lowest BCUT2D eigenvalue weighted by atomic mass is 9.49. The summed E-state index contributed by atoms with van der Waals surface area (Å²) < 4.78 is 5.42. The molecule has 28 heavy (non-hydrogen) atoms. The molecule has 5 aliphatic rings. The van der Waals surface area contributed by atoms with Crippen molar-refractivity contribution < 1.29 is 9.53 Å². The largest absolute Gasteiger partial charge is 0.379 e. The Morgan fingerprint density at radius 3 is 2.50 bits per heavy atom. The lowest BCUT2D eigenvalue weighted by molar-refractivity contribution is -0.138. The molecule has 1 amide bonds. The van der Waals surface area contributed by atoms with E-state index >= 15 is 0 Å². The predicted octanol–water partition coefficient (Wildman–Crippen LogP) is 3.54. The van der Waals surface area contributed by atoms with Crippen LogP contribution < -0.4 is 0 Å². The number of ether oxygens (including phenoxy) is 1. The maximum atomic E-state index is 13.0. The molecule has 0 atom stereocenters. The van der Waals surface area contributed by atoms with E-state index in [1.807, 2.05) is 11.9 Å². The topological polar surface area (TPSA) is 45.7 Å². The number of amides is 1. The Morgan fingerprint density at radius 1 is 1.21 bits per heavy atom. The first-order chi connectivity index (χ1) is 13.6. The molecule has 154 valence electrons. The van der Waals surface area contributed by atoms with Crippen molar-refractivity contribution in [2.75, 3.05) is 33.4 Å². The highest BCUT2D eigenvalue weighted by Crippen LogP contribution is 2.61. The van der Waals surface area contributed by atoms with Crippen LogP contribution in [0.25, 0.3) is 0 Å². The summed E-state index contributed by atoms with van der Waals surface area (Å²) in [4.78, 5) is 22.2. The molecule has 4 bridgehead atoms. The van der Waals surface area contributed by atoms with Gasteiger partial charge in [0, 0.05) is 31.9 Å². The minimum atomic E-state index is 0.323. The summed E-state index contributed by atoms with van der Waals surface area (Å²) in [6, 6.07) is 0. The van der Waals surface area contributed by atoms with Gasteiger partial charge in [-0.15, -0.1) is 11.3 Å². The van der Waals surface area contributed by atoms with Crippen molar-refractivity contribution in [3.8, 4) is 0 Å². The van der Waals surface area contributed by atoms with Crippen LogP contribution in [-0.2, 0) is 22.6 Å². The van der Waals surface area contributed by atoms with Gasteiger partial charge in [-0.25, -0.2) is 4.98 Å². The van der Waals surface area contributed by atoms with Crippen LogP contribution in [-0.4, -0.2) is 54.0 Å². The van der Waals surface area contributed by atoms with E-state index in [0.717, 1.165) is 67.7 Å². The molecule has 5 nitrogen and oxygen atoms in total. The van der Waals surface area contributed by atoms with Crippen molar-refractivity contribution in [3.05, 3.63) is 16.1 Å². The van der Waals surface area contributed by atoms with E-state index in [9.17, 15) is 4.79 Å². The Bertz CT molecular complexity index is 677. The van der Waals surface area contributed by atoms with Gasteiger partial charge >= 0.3 is 0 Å². The minimum absolute atomic E-state index is 0.323. The average Bonchev–Trinajstić information content (AvgIpc) is 3.07. The second-order valence-electron chi connectivity index (χ2n) is 9.97. The number of hydrogen-bond donors (Lipinski definition) is 0. The van der Waals surface area contributed by atoms with Gasteiger partial charge in [-0.3, -0.25) is 9.69 Å². The summed E-state index contributed by atoms with van der Waals surface area (Å²) in [6.45, 7) is 5.15. The van der Waals surface area contributed by atoms with Crippen LogP contribution in [0.5, 0.6) is 0 Å². The van der Waals surface area contributed by atoms with Gasteiger partial charge in [-0.2, -0.15) is 0 Å². The van der Waals surface area contributed by atoms with Gasteiger partial charge in [0.25, 0.3) is 0 Å². The number of rotatable bonds is 6. The summed E-state index contributed by atoms with van der Waals surface area (Å²) in [6.07, 6.45) is 8.99. The molecule has 1 aromatic heterocycles. The van der Waals surface area contributed by atoms with Crippen LogP contribution in [0.15, 0.2) is 5.38 Å². The molecule has 1 saturated heterocycles. The van der Waals surface area contributed by atoms with E-state index in [1.54, 1.807) is 11.3 Å². The lowest BCUT2D eigenvalue weighted by Crippen LogP contribution is -2.48. The fourth-order valence-corrected chi connectivity index (χ4v) is 7.56. The number of morpholine rings is 1. The van der Waals surface area contributed by atoms with Gasteiger partial charge in [0.2, 0.25) is 5.91 Å². The Morgan fingerprint density at radius 2 is 1.86 bits per heavy atom. The quantitative estimate of drug-likeness (QED) is 0.729. The molecule has 0 N–H and O–H groups in total. The molecule has 1 aliphatic heterocycles. The molecule has 4 aliphatic carbocycles. The van der Waals surface area contributed by atoms with E-state index in [-0.39, 0.29) is 0 Å². The first kappa shape index (κ1) is 19.0. The highest BCUT2D eigenvalue weighted by Gasteiger charge is 2.51. The molecular weight excluding hydrogens is 370 g/mol. The monoisotopic (exact) mass is 403 g/mol. The standard InChI is InChI=1S/C22H33N3O2S/c1-24(13-19-15-28-20(23-19)14-25-2-4-27-5-3-25)21(26)12-22-9-16-6-17(10-22)8-18(7-16)11-22/h15-18H,2-14H2,1H3. The summed E-state index contributed by atoms with van der Waals surface area (Å²) >= 11 is 1.72. The van der Waals surface area contributed by atoms with Gasteiger partial charge in [0.1, 0.15) is 5.01 Å². The summed E-state index contributed by atoms with van der Waals surface area (Å²) in [5.74, 6) is 3.05. The third-order valence-electron chi connectivity index (χ3n) is 7.58. The predicted molar refractivity (Wildman–Crippen MR) is 110 cm³/mol. The van der Waals surface area contributed by atoms with Gasteiger partial charge in [-0.1, -0.05) is 0 Å². The van der Waals surface area contributed by atoms with Gasteiger partial charge < -0.3 is 9.64 Å². The molecule has 0 unspecified atom stereocenters. The number of hydrogen-bond acceptors (Lipinski definition) is 5. The molecule has 4 saturated carbocycles. The normalized spacial score (nSPS) is 34.7. The zero-order valence-corrected chi connectivity index (χ0v) is 17.9. The van der Waals surface area contributed by atoms with Crippen molar-refractivity contribution in [2.24, 2.45) is 23.2 Å². The Balaban J connectivity index is 1.16. The minimum Gasteiger partial charge on any atom is -0.379 e. The molecule has 6 rings (SSSR count). The number of nitrogens with zero attached hydrogens (tertiary/aromatic N) is 3. The van der Waals surface area contributed by atoms with Crippen LogP contribution in [0.4, 0.5) is 0 Å². The van der Waals surface area contributed by atoms with Gasteiger partial charge in [0.15, 0.2) is 0 Å². The van der Waals surface area contributed by atoms with Crippen LogP contribution in [0.1, 0.15) is 55.6 Å². The third-order valence-corrected chi connectivity index (χ3v) is 8.46. The molecule has 2 heterocycles. The summed E-state index contributed by atoms with van der Waals surface area (Å²) in [5.41, 5.74) is 1.36. The second-order valence-corrected chi connectivity index (χ2v) is 10.9. The van der Waals surface area contributed by atoms with E-state index in [4.69, 9.17) is 9.72 Å². The van der Waals surface area contributed by atoms with E-state index < -0.39 is 0 Å². The van der Waals surface area contributed by atoms with Crippen molar-refractivity contribution in [2.45, 2.75) is 58.0 Å². The lowest BCUT2D eigenvalue weighted by Gasteiger charge is -2.56. The molecular formula is C22H33N3O2S. The molecule has 0 aromatic carbocycles. The number of carbonyl (C=O) groups is 1. The summed E-state index contributed by atoms with van der Waals surface area (Å²) in [5, 5.41) is 3.28. The van der Waals surface area contributed by atoms with Crippen molar-refractivity contribution in [1.82, 2.24) is 14.8 Å². The van der Waals surface area contributed by atoms with Crippen LogP contribution in [0.3, 0.4) is 0 Å². The van der Waals surface area contributed by atoms with E-state index in [0.29, 0.717) is 17.9 Å². The first-order valence-corrected chi connectivity index (χ1v) is 11.9. The first-order valence-electron chi connectivity index (χ1n) is 11.0. The average molecular weight is 404 g/mol. The zero-order chi connectivity index (χ0) is 19.1. The maximum absolute atomic E-state index is 13.0. The van der Waals surface area contributed by atoms with Crippen molar-refractivity contribution in [1.29, 1.82) is 0 Å². The Labute approximate surface area is 172 Å². The fraction of sp³-hybridized carbons (Fsp3) is 0.818. The maximum Gasteiger partial charge on any atom is 0.223 e. The van der Waals surface area contributed by atoms with Crippen LogP contribution in [0.2, 0.25) is 0 Å². The molecule has 6 heteroatoms. The van der Waals surface area contributed by atoms with Gasteiger partial charge in [-0.05, 0) is 61.7 Å². The SMILES string of the molecule is CN(Cc1csc(CN2CCOCC2)n1)C(=O)CC12CC3CC(CC(C3)C1)C2. The molecule has 0 spiro atoms. The highest BCUT2D eigenvalue weighted by atomic mass is 32.1. The van der Waals surface area contributed by atoms with Crippen LogP contribution in [0, 0.1) is 23.2 Å². The van der Waals surface area contributed by atoms with E-state index in [1.165, 1.54) is 38.5 Å².